The monoisotopic (exact) mass is 275 g/mol. The molecule has 0 spiro atoms. The van der Waals surface area contributed by atoms with Crippen molar-refractivity contribution in [3.8, 4) is 0 Å². The van der Waals surface area contributed by atoms with Crippen LogP contribution in [-0.4, -0.2) is 9.78 Å². The van der Waals surface area contributed by atoms with Gasteiger partial charge in [0.25, 0.3) is 0 Å². The first-order chi connectivity index (χ1) is 8.36. The lowest BCUT2D eigenvalue weighted by atomic mass is 10.2. The SMILES string of the molecule is Nc1cc(Cl)ccc1Cn1cc(C(F)(F)F)cn1. The Morgan fingerprint density at radius 3 is 2.61 bits per heavy atom. The van der Waals surface area contributed by atoms with E-state index in [-0.39, 0.29) is 6.54 Å². The number of rotatable bonds is 2. The number of hydrogen-bond donors (Lipinski definition) is 1. The minimum atomic E-state index is -4.39. The van der Waals surface area contributed by atoms with E-state index >= 15 is 0 Å². The normalized spacial score (nSPS) is 11.8. The van der Waals surface area contributed by atoms with Gasteiger partial charge in [0.2, 0.25) is 0 Å². The number of halogens is 4. The zero-order chi connectivity index (χ0) is 13.3. The van der Waals surface area contributed by atoms with Crippen molar-refractivity contribution < 1.29 is 13.2 Å². The molecule has 0 radical (unpaired) electrons. The first-order valence-corrected chi connectivity index (χ1v) is 5.37. The largest absolute Gasteiger partial charge is 0.419 e. The fourth-order valence-electron chi connectivity index (χ4n) is 1.48. The second-order valence-corrected chi connectivity index (χ2v) is 4.20. The molecule has 18 heavy (non-hydrogen) atoms. The zero-order valence-corrected chi connectivity index (χ0v) is 9.83. The molecule has 0 aliphatic rings. The lowest BCUT2D eigenvalue weighted by Gasteiger charge is -2.06. The van der Waals surface area contributed by atoms with Crippen LogP contribution < -0.4 is 5.73 Å². The molecule has 0 saturated heterocycles. The summed E-state index contributed by atoms with van der Waals surface area (Å²) >= 11 is 5.73. The number of nitrogens with two attached hydrogens (primary N) is 1. The number of aromatic nitrogens is 2. The zero-order valence-electron chi connectivity index (χ0n) is 9.08. The molecule has 0 saturated carbocycles. The van der Waals surface area contributed by atoms with Crippen LogP contribution in [0, 0.1) is 0 Å². The average Bonchev–Trinajstić information content (AvgIpc) is 2.70. The fourth-order valence-corrected chi connectivity index (χ4v) is 1.66. The Kier molecular flexibility index (Phi) is 3.21. The third-order valence-electron chi connectivity index (χ3n) is 2.40. The Balaban J connectivity index is 2.21. The Hall–Kier alpha value is -1.69. The van der Waals surface area contributed by atoms with Crippen molar-refractivity contribution in [1.82, 2.24) is 9.78 Å². The Morgan fingerprint density at radius 1 is 1.33 bits per heavy atom. The number of nitrogens with zero attached hydrogens (tertiary/aromatic N) is 2. The minimum Gasteiger partial charge on any atom is -0.398 e. The van der Waals surface area contributed by atoms with Crippen molar-refractivity contribution in [1.29, 1.82) is 0 Å². The second-order valence-electron chi connectivity index (χ2n) is 3.77. The van der Waals surface area contributed by atoms with E-state index in [9.17, 15) is 13.2 Å². The first kappa shape index (κ1) is 12.8. The molecule has 0 amide bonds. The summed E-state index contributed by atoms with van der Waals surface area (Å²) in [6.45, 7) is 0.166. The lowest BCUT2D eigenvalue weighted by molar-refractivity contribution is -0.137. The van der Waals surface area contributed by atoms with Gasteiger partial charge in [0.1, 0.15) is 0 Å². The van der Waals surface area contributed by atoms with E-state index in [4.69, 9.17) is 17.3 Å². The van der Waals surface area contributed by atoms with Gasteiger partial charge in [0.05, 0.1) is 18.3 Å². The molecule has 0 unspecified atom stereocenters. The Morgan fingerprint density at radius 2 is 2.06 bits per heavy atom. The number of alkyl halides is 3. The number of hydrogen-bond acceptors (Lipinski definition) is 2. The van der Waals surface area contributed by atoms with Crippen LogP contribution in [0.1, 0.15) is 11.1 Å². The number of anilines is 1. The van der Waals surface area contributed by atoms with Gasteiger partial charge in [-0.15, -0.1) is 0 Å². The second kappa shape index (κ2) is 4.53. The molecule has 3 nitrogen and oxygen atoms in total. The standard InChI is InChI=1S/C11H9ClF3N3/c12-9-2-1-7(10(16)3-9)5-18-6-8(4-17-18)11(13,14)15/h1-4,6H,5,16H2. The predicted octanol–water partition coefficient (Wildman–Crippen LogP) is 3.19. The van der Waals surface area contributed by atoms with Gasteiger partial charge in [-0.25, -0.2) is 0 Å². The summed E-state index contributed by atoms with van der Waals surface area (Å²) in [5, 5.41) is 4.13. The summed E-state index contributed by atoms with van der Waals surface area (Å²) in [5.74, 6) is 0. The van der Waals surface area contributed by atoms with Gasteiger partial charge in [-0.2, -0.15) is 18.3 Å². The molecule has 1 aromatic heterocycles. The van der Waals surface area contributed by atoms with Crippen molar-refractivity contribution in [2.24, 2.45) is 0 Å². The van der Waals surface area contributed by atoms with E-state index in [1.807, 2.05) is 0 Å². The summed E-state index contributed by atoms with van der Waals surface area (Å²) in [6.07, 6.45) is -2.66. The highest BCUT2D eigenvalue weighted by atomic mass is 35.5. The van der Waals surface area contributed by atoms with Gasteiger partial charge in [-0.3, -0.25) is 4.68 Å². The third-order valence-corrected chi connectivity index (χ3v) is 2.64. The van der Waals surface area contributed by atoms with E-state index in [1.165, 1.54) is 4.68 Å². The van der Waals surface area contributed by atoms with E-state index in [0.717, 1.165) is 12.4 Å². The molecule has 96 valence electrons. The van der Waals surface area contributed by atoms with E-state index in [2.05, 4.69) is 5.10 Å². The van der Waals surface area contributed by atoms with Crippen LogP contribution in [0.25, 0.3) is 0 Å². The minimum absolute atomic E-state index is 0.166. The summed E-state index contributed by atoms with van der Waals surface area (Å²) in [5.41, 5.74) is 6.02. The van der Waals surface area contributed by atoms with E-state index in [0.29, 0.717) is 16.3 Å². The van der Waals surface area contributed by atoms with Crippen LogP contribution in [-0.2, 0) is 12.7 Å². The fraction of sp³-hybridized carbons (Fsp3) is 0.182. The summed E-state index contributed by atoms with van der Waals surface area (Å²) in [6, 6.07) is 4.83. The molecular weight excluding hydrogens is 267 g/mol. The maximum absolute atomic E-state index is 12.4. The van der Waals surface area contributed by atoms with Crippen molar-refractivity contribution >= 4 is 17.3 Å². The van der Waals surface area contributed by atoms with E-state index in [1.54, 1.807) is 18.2 Å². The van der Waals surface area contributed by atoms with E-state index < -0.39 is 11.7 Å². The van der Waals surface area contributed by atoms with Crippen LogP contribution in [0.5, 0.6) is 0 Å². The molecule has 2 N–H and O–H groups in total. The number of benzene rings is 1. The molecule has 2 rings (SSSR count). The van der Waals surface area contributed by atoms with Gasteiger partial charge in [-0.1, -0.05) is 17.7 Å². The molecule has 2 aromatic rings. The van der Waals surface area contributed by atoms with Gasteiger partial charge >= 0.3 is 6.18 Å². The molecule has 1 heterocycles. The third kappa shape index (κ3) is 2.76. The van der Waals surface area contributed by atoms with Crippen LogP contribution in [0.15, 0.2) is 30.6 Å². The molecule has 0 aliphatic heterocycles. The van der Waals surface area contributed by atoms with Crippen molar-refractivity contribution in [3.63, 3.8) is 0 Å². The molecule has 1 aromatic carbocycles. The maximum atomic E-state index is 12.4. The van der Waals surface area contributed by atoms with Crippen molar-refractivity contribution in [2.45, 2.75) is 12.7 Å². The lowest BCUT2D eigenvalue weighted by Crippen LogP contribution is -2.05. The quantitative estimate of drug-likeness (QED) is 0.856. The van der Waals surface area contributed by atoms with Crippen molar-refractivity contribution in [2.75, 3.05) is 5.73 Å². The molecule has 0 atom stereocenters. The highest BCUT2D eigenvalue weighted by Gasteiger charge is 2.32. The van der Waals surface area contributed by atoms with Gasteiger partial charge in [0.15, 0.2) is 0 Å². The highest BCUT2D eigenvalue weighted by Crippen LogP contribution is 2.28. The Bertz CT molecular complexity index is 563. The molecule has 0 aliphatic carbocycles. The molecule has 0 fully saturated rings. The van der Waals surface area contributed by atoms with Gasteiger partial charge < -0.3 is 5.73 Å². The maximum Gasteiger partial charge on any atom is 0.419 e. The predicted molar refractivity (Wildman–Crippen MR) is 62.2 cm³/mol. The molecular formula is C11H9ClF3N3. The Labute approximate surface area is 106 Å². The molecule has 7 heteroatoms. The van der Waals surface area contributed by atoms with Gasteiger partial charge in [0, 0.05) is 16.9 Å². The average molecular weight is 276 g/mol. The first-order valence-electron chi connectivity index (χ1n) is 5.00. The summed E-state index contributed by atoms with van der Waals surface area (Å²) < 4.78 is 38.3. The van der Waals surface area contributed by atoms with Crippen LogP contribution in [0.3, 0.4) is 0 Å². The van der Waals surface area contributed by atoms with Crippen LogP contribution >= 0.6 is 11.6 Å². The summed E-state index contributed by atoms with van der Waals surface area (Å²) in [7, 11) is 0. The number of nitrogen functional groups attached to an aromatic ring is 1. The van der Waals surface area contributed by atoms with Crippen molar-refractivity contribution in [3.05, 3.63) is 46.7 Å². The summed E-state index contributed by atoms with van der Waals surface area (Å²) in [4.78, 5) is 0. The molecule has 0 bridgehead atoms. The smallest absolute Gasteiger partial charge is 0.398 e. The topological polar surface area (TPSA) is 43.8 Å². The van der Waals surface area contributed by atoms with Crippen LogP contribution in [0.4, 0.5) is 18.9 Å². The highest BCUT2D eigenvalue weighted by molar-refractivity contribution is 6.30. The van der Waals surface area contributed by atoms with Crippen LogP contribution in [0.2, 0.25) is 5.02 Å². The van der Waals surface area contributed by atoms with Gasteiger partial charge in [-0.05, 0) is 17.7 Å².